The van der Waals surface area contributed by atoms with Crippen LogP contribution in [-0.4, -0.2) is 0 Å². The molecule has 15 heavy (non-hydrogen) atoms. The van der Waals surface area contributed by atoms with Crippen molar-refractivity contribution in [2.24, 2.45) is 17.3 Å². The standard InChI is InChI=1S/C15H24/c1-11-6-5-7-12(2)14-10-15(3,4)9-13(14)8-11/h6,13-14H,2,5,7-10H2,1,3-4H3/b11-6-/t13-,14+/m1/s1. The minimum Gasteiger partial charge on any atom is -0.0996 e. The molecule has 0 spiro atoms. The van der Waals surface area contributed by atoms with Crippen LogP contribution in [0.5, 0.6) is 0 Å². The lowest BCUT2D eigenvalue weighted by molar-refractivity contribution is 0.359. The van der Waals surface area contributed by atoms with Gasteiger partial charge in [0.25, 0.3) is 0 Å². The van der Waals surface area contributed by atoms with Gasteiger partial charge in [0.2, 0.25) is 0 Å². The highest BCUT2D eigenvalue weighted by atomic mass is 14.4. The molecule has 2 aliphatic rings. The first kappa shape index (κ1) is 11.0. The van der Waals surface area contributed by atoms with Crippen LogP contribution in [-0.2, 0) is 0 Å². The normalized spacial score (nSPS) is 38.9. The van der Waals surface area contributed by atoms with Crippen LogP contribution in [0.1, 0.15) is 52.9 Å². The summed E-state index contributed by atoms with van der Waals surface area (Å²) < 4.78 is 0. The Morgan fingerprint density at radius 1 is 1.33 bits per heavy atom. The molecular formula is C15H24. The summed E-state index contributed by atoms with van der Waals surface area (Å²) in [6.45, 7) is 11.5. The fourth-order valence-corrected chi connectivity index (χ4v) is 3.58. The second-order valence-electron chi connectivity index (χ2n) is 6.39. The highest BCUT2D eigenvalue weighted by Crippen LogP contribution is 2.51. The van der Waals surface area contributed by atoms with Crippen molar-refractivity contribution in [3.05, 3.63) is 23.8 Å². The van der Waals surface area contributed by atoms with Gasteiger partial charge < -0.3 is 0 Å². The molecule has 84 valence electrons. The van der Waals surface area contributed by atoms with Crippen molar-refractivity contribution >= 4 is 0 Å². The van der Waals surface area contributed by atoms with Crippen LogP contribution < -0.4 is 0 Å². The lowest BCUT2D eigenvalue weighted by Gasteiger charge is -2.24. The summed E-state index contributed by atoms with van der Waals surface area (Å²) in [5.74, 6) is 1.69. The number of rotatable bonds is 0. The van der Waals surface area contributed by atoms with Crippen LogP contribution in [0.15, 0.2) is 23.8 Å². The molecule has 0 nitrogen and oxygen atoms in total. The molecule has 2 atom stereocenters. The van der Waals surface area contributed by atoms with E-state index in [9.17, 15) is 0 Å². The molecule has 0 aromatic rings. The van der Waals surface area contributed by atoms with Crippen molar-refractivity contribution in [1.29, 1.82) is 0 Å². The summed E-state index contributed by atoms with van der Waals surface area (Å²) in [6.07, 6.45) is 8.92. The maximum absolute atomic E-state index is 4.32. The smallest absolute Gasteiger partial charge is 0.0169 e. The zero-order valence-corrected chi connectivity index (χ0v) is 10.5. The van der Waals surface area contributed by atoms with E-state index in [2.05, 4.69) is 33.4 Å². The molecule has 0 heteroatoms. The minimum atomic E-state index is 0.545. The molecule has 1 fully saturated rings. The molecule has 0 bridgehead atoms. The zero-order chi connectivity index (χ0) is 11.1. The van der Waals surface area contributed by atoms with E-state index in [1.165, 1.54) is 37.7 Å². The molecule has 0 aromatic carbocycles. The third-order valence-electron chi connectivity index (χ3n) is 4.22. The van der Waals surface area contributed by atoms with Crippen molar-refractivity contribution in [2.45, 2.75) is 52.9 Å². The quantitative estimate of drug-likeness (QED) is 0.501. The topological polar surface area (TPSA) is 0 Å². The second-order valence-corrected chi connectivity index (χ2v) is 6.39. The predicted octanol–water partition coefficient (Wildman–Crippen LogP) is 4.73. The molecule has 0 saturated heterocycles. The van der Waals surface area contributed by atoms with E-state index in [-0.39, 0.29) is 0 Å². The molecule has 0 N–H and O–H groups in total. The fourth-order valence-electron chi connectivity index (χ4n) is 3.58. The Morgan fingerprint density at radius 2 is 2.07 bits per heavy atom. The van der Waals surface area contributed by atoms with Crippen LogP contribution in [0.2, 0.25) is 0 Å². The van der Waals surface area contributed by atoms with Crippen molar-refractivity contribution in [2.75, 3.05) is 0 Å². The average Bonchev–Trinajstić information content (AvgIpc) is 2.39. The van der Waals surface area contributed by atoms with Crippen LogP contribution in [0.3, 0.4) is 0 Å². The van der Waals surface area contributed by atoms with Gasteiger partial charge in [-0.3, -0.25) is 0 Å². The Balaban J connectivity index is 2.20. The highest BCUT2D eigenvalue weighted by molar-refractivity contribution is 5.15. The number of fused-ring (bicyclic) bond motifs is 1. The first-order valence-corrected chi connectivity index (χ1v) is 6.31. The van der Waals surface area contributed by atoms with Gasteiger partial charge in [-0.1, -0.05) is 37.6 Å². The molecule has 0 aromatic heterocycles. The summed E-state index contributed by atoms with van der Waals surface area (Å²) in [5, 5.41) is 0. The van der Waals surface area contributed by atoms with Crippen LogP contribution in [0.4, 0.5) is 0 Å². The van der Waals surface area contributed by atoms with Crippen molar-refractivity contribution < 1.29 is 0 Å². The van der Waals surface area contributed by atoms with Gasteiger partial charge in [-0.2, -0.15) is 0 Å². The molecule has 1 saturated carbocycles. The minimum absolute atomic E-state index is 0.545. The van der Waals surface area contributed by atoms with E-state index in [1.807, 2.05) is 0 Å². The van der Waals surface area contributed by atoms with E-state index in [4.69, 9.17) is 0 Å². The Labute approximate surface area is 94.5 Å². The van der Waals surface area contributed by atoms with Gasteiger partial charge in [-0.15, -0.1) is 0 Å². The Hall–Kier alpha value is -0.520. The van der Waals surface area contributed by atoms with E-state index in [0.29, 0.717) is 5.41 Å². The third-order valence-corrected chi connectivity index (χ3v) is 4.22. The Kier molecular flexibility index (Phi) is 2.79. The second kappa shape index (κ2) is 3.81. The average molecular weight is 204 g/mol. The largest absolute Gasteiger partial charge is 0.0996 e. The van der Waals surface area contributed by atoms with Gasteiger partial charge in [-0.05, 0) is 56.3 Å². The maximum atomic E-state index is 4.32. The number of hydrogen-bond acceptors (Lipinski definition) is 0. The van der Waals surface area contributed by atoms with Crippen LogP contribution >= 0.6 is 0 Å². The van der Waals surface area contributed by atoms with Gasteiger partial charge in [0.05, 0.1) is 0 Å². The Bertz CT molecular complexity index is 293. The summed E-state index contributed by atoms with van der Waals surface area (Å²) in [5.41, 5.74) is 3.67. The van der Waals surface area contributed by atoms with Crippen molar-refractivity contribution in [1.82, 2.24) is 0 Å². The lowest BCUT2D eigenvalue weighted by atomic mass is 9.81. The van der Waals surface area contributed by atoms with Crippen LogP contribution in [0.25, 0.3) is 0 Å². The molecule has 0 aliphatic heterocycles. The zero-order valence-electron chi connectivity index (χ0n) is 10.5. The van der Waals surface area contributed by atoms with Crippen molar-refractivity contribution in [3.8, 4) is 0 Å². The molecule has 0 heterocycles. The summed E-state index contributed by atoms with van der Waals surface area (Å²) in [7, 11) is 0. The van der Waals surface area contributed by atoms with Crippen molar-refractivity contribution in [3.63, 3.8) is 0 Å². The SMILES string of the molecule is C=C1CC/C=C(/C)C[C@@H]2CC(C)(C)C[C@@H]12. The van der Waals surface area contributed by atoms with E-state index < -0.39 is 0 Å². The molecule has 0 radical (unpaired) electrons. The first-order chi connectivity index (χ1) is 6.98. The Morgan fingerprint density at radius 3 is 2.80 bits per heavy atom. The van der Waals surface area contributed by atoms with Gasteiger partial charge in [0, 0.05) is 0 Å². The summed E-state index contributed by atoms with van der Waals surface area (Å²) in [6, 6.07) is 0. The third kappa shape index (κ3) is 2.35. The van der Waals surface area contributed by atoms with Gasteiger partial charge in [-0.25, -0.2) is 0 Å². The summed E-state index contributed by atoms with van der Waals surface area (Å²) >= 11 is 0. The highest BCUT2D eigenvalue weighted by Gasteiger charge is 2.40. The lowest BCUT2D eigenvalue weighted by Crippen LogP contribution is -2.12. The predicted molar refractivity (Wildman–Crippen MR) is 66.7 cm³/mol. The van der Waals surface area contributed by atoms with Gasteiger partial charge in [0.1, 0.15) is 0 Å². The van der Waals surface area contributed by atoms with Gasteiger partial charge in [0.15, 0.2) is 0 Å². The molecule has 2 rings (SSSR count). The van der Waals surface area contributed by atoms with E-state index in [1.54, 1.807) is 5.57 Å². The van der Waals surface area contributed by atoms with Gasteiger partial charge >= 0.3 is 0 Å². The number of allylic oxidation sites excluding steroid dienone is 3. The first-order valence-electron chi connectivity index (χ1n) is 6.31. The molecule has 0 unspecified atom stereocenters. The monoisotopic (exact) mass is 204 g/mol. The molecular weight excluding hydrogens is 180 g/mol. The molecule has 0 amide bonds. The fraction of sp³-hybridized carbons (Fsp3) is 0.733. The maximum Gasteiger partial charge on any atom is -0.0169 e. The van der Waals surface area contributed by atoms with E-state index >= 15 is 0 Å². The van der Waals surface area contributed by atoms with E-state index in [0.717, 1.165) is 11.8 Å². The number of hydrogen-bond donors (Lipinski definition) is 0. The summed E-state index contributed by atoms with van der Waals surface area (Å²) in [4.78, 5) is 0. The molecule has 2 aliphatic carbocycles. The van der Waals surface area contributed by atoms with Crippen LogP contribution in [0, 0.1) is 17.3 Å².